The third-order valence-corrected chi connectivity index (χ3v) is 8.59. The van der Waals surface area contributed by atoms with Crippen molar-refractivity contribution in [1.29, 1.82) is 0 Å². The summed E-state index contributed by atoms with van der Waals surface area (Å²) in [6, 6.07) is 2.26. The van der Waals surface area contributed by atoms with Gasteiger partial charge in [0.1, 0.15) is 27.9 Å². The number of carbonyl (C=O) groups is 1. The van der Waals surface area contributed by atoms with E-state index in [1.54, 1.807) is 0 Å². The Labute approximate surface area is 186 Å². The first-order valence-corrected chi connectivity index (χ1v) is 12.0. The van der Waals surface area contributed by atoms with Crippen molar-refractivity contribution < 1.29 is 22.0 Å². The number of aryl methyl sites for hydroxylation is 2. The maximum atomic E-state index is 14.0. The Morgan fingerprint density at radius 3 is 2.53 bits per heavy atom. The third-order valence-electron chi connectivity index (χ3n) is 5.56. The van der Waals surface area contributed by atoms with E-state index in [1.807, 2.05) is 13.8 Å². The average molecular weight is 483 g/mol. The Balaban J connectivity index is 1.47. The summed E-state index contributed by atoms with van der Waals surface area (Å²) in [5, 5.41) is 0.496. The number of thiophene rings is 1. The predicted molar refractivity (Wildman–Crippen MR) is 115 cm³/mol. The van der Waals surface area contributed by atoms with E-state index in [9.17, 15) is 26.8 Å². The van der Waals surface area contributed by atoms with E-state index in [4.69, 9.17) is 0 Å². The summed E-state index contributed by atoms with van der Waals surface area (Å²) in [4.78, 5) is 32.1. The molecule has 32 heavy (non-hydrogen) atoms. The van der Waals surface area contributed by atoms with Crippen molar-refractivity contribution in [3.8, 4) is 0 Å². The van der Waals surface area contributed by atoms with Crippen LogP contribution in [-0.4, -0.2) is 59.3 Å². The van der Waals surface area contributed by atoms with Crippen LogP contribution in [0.25, 0.3) is 10.2 Å². The van der Waals surface area contributed by atoms with Crippen LogP contribution in [0.2, 0.25) is 0 Å². The van der Waals surface area contributed by atoms with E-state index in [-0.39, 0.29) is 44.2 Å². The number of nitrogens with zero attached hydrogens (tertiary/aromatic N) is 4. The van der Waals surface area contributed by atoms with Crippen LogP contribution in [0.1, 0.15) is 10.4 Å². The number of aromatic nitrogens is 2. The predicted octanol–water partition coefficient (Wildman–Crippen LogP) is 1.89. The summed E-state index contributed by atoms with van der Waals surface area (Å²) >= 11 is 1.42. The molecule has 0 N–H and O–H groups in total. The summed E-state index contributed by atoms with van der Waals surface area (Å²) in [7, 11) is -4.24. The van der Waals surface area contributed by atoms with Gasteiger partial charge in [-0.05, 0) is 37.6 Å². The number of carbonyl (C=O) groups excluding carboxylic acids is 1. The molecule has 0 radical (unpaired) electrons. The van der Waals surface area contributed by atoms with Gasteiger partial charge in [-0.15, -0.1) is 11.3 Å². The van der Waals surface area contributed by atoms with Crippen LogP contribution in [0.15, 0.2) is 34.2 Å². The molecule has 1 amide bonds. The Kier molecular flexibility index (Phi) is 5.86. The molecule has 2 aromatic heterocycles. The SMILES string of the molecule is Cc1sc2ncn(CC(=O)N3CCN(S(=O)(=O)c4cc(F)ccc4F)CC3)c(=O)c2c1C. The summed E-state index contributed by atoms with van der Waals surface area (Å²) in [6.07, 6.45) is 1.34. The van der Waals surface area contributed by atoms with E-state index < -0.39 is 26.6 Å². The Bertz CT molecular complexity index is 1380. The molecule has 0 atom stereocenters. The molecule has 8 nitrogen and oxygen atoms in total. The van der Waals surface area contributed by atoms with E-state index in [1.165, 1.54) is 27.1 Å². The summed E-state index contributed by atoms with van der Waals surface area (Å²) < 4.78 is 55.1. The number of rotatable bonds is 4. The minimum absolute atomic E-state index is 0.0655. The maximum absolute atomic E-state index is 14.0. The van der Waals surface area contributed by atoms with E-state index in [2.05, 4.69) is 4.98 Å². The summed E-state index contributed by atoms with van der Waals surface area (Å²) in [5.74, 6) is -2.25. The highest BCUT2D eigenvalue weighted by Crippen LogP contribution is 2.25. The van der Waals surface area contributed by atoms with Gasteiger partial charge in [0.2, 0.25) is 15.9 Å². The minimum Gasteiger partial charge on any atom is -0.338 e. The lowest BCUT2D eigenvalue weighted by molar-refractivity contribution is -0.133. The van der Waals surface area contributed by atoms with Crippen molar-refractivity contribution in [2.24, 2.45) is 0 Å². The highest BCUT2D eigenvalue weighted by Gasteiger charge is 2.32. The van der Waals surface area contributed by atoms with Crippen LogP contribution < -0.4 is 5.56 Å². The monoisotopic (exact) mass is 482 g/mol. The molecule has 0 unspecified atom stereocenters. The van der Waals surface area contributed by atoms with Crippen LogP contribution in [0.5, 0.6) is 0 Å². The smallest absolute Gasteiger partial charge is 0.262 e. The van der Waals surface area contributed by atoms with E-state index in [0.717, 1.165) is 26.9 Å². The zero-order valence-corrected chi connectivity index (χ0v) is 19.0. The van der Waals surface area contributed by atoms with Gasteiger partial charge in [-0.3, -0.25) is 14.2 Å². The first kappa shape index (κ1) is 22.5. The molecular formula is C20H20F2N4O4S2. The van der Waals surface area contributed by atoms with Gasteiger partial charge in [0.15, 0.2) is 0 Å². The highest BCUT2D eigenvalue weighted by atomic mass is 32.2. The number of hydrogen-bond donors (Lipinski definition) is 0. The molecular weight excluding hydrogens is 462 g/mol. The van der Waals surface area contributed by atoms with Gasteiger partial charge in [0, 0.05) is 31.1 Å². The van der Waals surface area contributed by atoms with Gasteiger partial charge in [-0.2, -0.15) is 4.31 Å². The number of sulfonamides is 1. The molecule has 0 aliphatic carbocycles. The van der Waals surface area contributed by atoms with E-state index in [0.29, 0.717) is 16.3 Å². The first-order chi connectivity index (χ1) is 15.1. The molecule has 1 aliphatic rings. The molecule has 12 heteroatoms. The zero-order chi connectivity index (χ0) is 23.2. The molecule has 1 aromatic carbocycles. The van der Waals surface area contributed by atoms with Crippen molar-refractivity contribution >= 4 is 37.5 Å². The van der Waals surface area contributed by atoms with Crippen LogP contribution in [0, 0.1) is 25.5 Å². The van der Waals surface area contributed by atoms with Crippen LogP contribution in [-0.2, 0) is 21.4 Å². The standard InChI is InChI=1S/C20H20F2N4O4S2/c1-12-13(2)31-19-18(12)20(28)25(11-23-19)10-17(27)24-5-7-26(8-6-24)32(29,30)16-9-14(21)3-4-15(16)22/h3-4,9,11H,5-8,10H2,1-2H3. The Morgan fingerprint density at radius 2 is 1.84 bits per heavy atom. The second-order valence-electron chi connectivity index (χ2n) is 7.50. The second-order valence-corrected chi connectivity index (χ2v) is 10.6. The van der Waals surface area contributed by atoms with Gasteiger partial charge in [0.05, 0.1) is 11.7 Å². The molecule has 0 spiro atoms. The van der Waals surface area contributed by atoms with Crippen molar-refractivity contribution in [2.75, 3.05) is 26.2 Å². The number of fused-ring (bicyclic) bond motifs is 1. The number of hydrogen-bond acceptors (Lipinski definition) is 6. The lowest BCUT2D eigenvalue weighted by Crippen LogP contribution is -2.51. The lowest BCUT2D eigenvalue weighted by Gasteiger charge is -2.34. The Hall–Kier alpha value is -2.70. The van der Waals surface area contributed by atoms with Gasteiger partial charge in [-0.1, -0.05) is 0 Å². The quantitative estimate of drug-likeness (QED) is 0.566. The fraction of sp³-hybridized carbons (Fsp3) is 0.350. The van der Waals surface area contributed by atoms with Gasteiger partial charge >= 0.3 is 0 Å². The molecule has 1 aliphatic heterocycles. The first-order valence-electron chi connectivity index (χ1n) is 9.77. The molecule has 3 heterocycles. The fourth-order valence-electron chi connectivity index (χ4n) is 3.62. The minimum atomic E-state index is -4.24. The van der Waals surface area contributed by atoms with E-state index >= 15 is 0 Å². The molecule has 3 aromatic rings. The topological polar surface area (TPSA) is 92.6 Å². The van der Waals surface area contributed by atoms with Crippen LogP contribution in [0.3, 0.4) is 0 Å². The van der Waals surface area contributed by atoms with Crippen molar-refractivity contribution in [2.45, 2.75) is 25.3 Å². The van der Waals surface area contributed by atoms with Crippen LogP contribution in [0.4, 0.5) is 8.78 Å². The third kappa shape index (κ3) is 3.93. The second kappa shape index (κ2) is 8.34. The van der Waals surface area contributed by atoms with Gasteiger partial charge in [-0.25, -0.2) is 22.2 Å². The van der Waals surface area contributed by atoms with Gasteiger partial charge in [0.25, 0.3) is 5.56 Å². The fourth-order valence-corrected chi connectivity index (χ4v) is 6.11. The van der Waals surface area contributed by atoms with Gasteiger partial charge < -0.3 is 4.90 Å². The highest BCUT2D eigenvalue weighted by molar-refractivity contribution is 7.89. The molecule has 1 saturated heterocycles. The Morgan fingerprint density at radius 1 is 1.16 bits per heavy atom. The van der Waals surface area contributed by atoms with Crippen molar-refractivity contribution in [1.82, 2.24) is 18.8 Å². The average Bonchev–Trinajstić information content (AvgIpc) is 3.06. The molecule has 0 bridgehead atoms. The van der Waals surface area contributed by atoms with Crippen LogP contribution >= 0.6 is 11.3 Å². The number of benzene rings is 1. The molecule has 0 saturated carbocycles. The number of halogens is 2. The largest absolute Gasteiger partial charge is 0.338 e. The van der Waals surface area contributed by atoms with Crippen molar-refractivity contribution in [3.05, 3.63) is 57.0 Å². The normalized spacial score (nSPS) is 15.4. The molecule has 4 rings (SSSR count). The molecule has 1 fully saturated rings. The van der Waals surface area contributed by atoms with Crippen molar-refractivity contribution in [3.63, 3.8) is 0 Å². The lowest BCUT2D eigenvalue weighted by atomic mass is 10.2. The number of amides is 1. The summed E-state index contributed by atoms with van der Waals surface area (Å²) in [6.45, 7) is 3.51. The maximum Gasteiger partial charge on any atom is 0.262 e. The number of piperazine rings is 1. The summed E-state index contributed by atoms with van der Waals surface area (Å²) in [5.41, 5.74) is 0.542. The zero-order valence-electron chi connectivity index (χ0n) is 17.3. The molecule has 170 valence electrons.